The third-order valence-corrected chi connectivity index (χ3v) is 4.34. The molecule has 5 heteroatoms. The Balaban J connectivity index is 1.91. The Morgan fingerprint density at radius 1 is 0.955 bits per heavy atom. The van der Waals surface area contributed by atoms with Crippen molar-refractivity contribution in [3.8, 4) is 21.8 Å². The van der Waals surface area contributed by atoms with E-state index < -0.39 is 0 Å². The number of thiazole rings is 1. The molecule has 4 nitrogen and oxygen atoms in total. The number of nitrogen functional groups attached to an aromatic ring is 1. The molecule has 0 unspecified atom stereocenters. The van der Waals surface area contributed by atoms with Crippen molar-refractivity contribution in [3.63, 3.8) is 0 Å². The highest BCUT2D eigenvalue weighted by atomic mass is 32.1. The van der Waals surface area contributed by atoms with Crippen molar-refractivity contribution in [2.75, 3.05) is 5.73 Å². The number of pyridine rings is 2. The summed E-state index contributed by atoms with van der Waals surface area (Å²) in [4.78, 5) is 14.3. The van der Waals surface area contributed by atoms with Crippen LogP contribution in [0.15, 0.2) is 60.9 Å². The normalized spacial score (nSPS) is 10.9. The summed E-state index contributed by atoms with van der Waals surface area (Å²) < 4.78 is 0. The number of anilines is 1. The molecule has 0 fully saturated rings. The first-order valence-corrected chi connectivity index (χ1v) is 7.66. The zero-order valence-electron chi connectivity index (χ0n) is 11.6. The number of para-hydroxylation sites is 1. The highest BCUT2D eigenvalue weighted by Gasteiger charge is 2.15. The molecular weight excluding hydrogens is 292 g/mol. The molecule has 0 amide bonds. The Morgan fingerprint density at radius 2 is 1.82 bits per heavy atom. The average molecular weight is 304 g/mol. The van der Waals surface area contributed by atoms with Crippen LogP contribution < -0.4 is 5.73 Å². The van der Waals surface area contributed by atoms with E-state index in [0.29, 0.717) is 5.13 Å². The van der Waals surface area contributed by atoms with E-state index in [1.807, 2.05) is 42.6 Å². The van der Waals surface area contributed by atoms with Gasteiger partial charge in [0.1, 0.15) is 5.69 Å². The van der Waals surface area contributed by atoms with Gasteiger partial charge in [-0.15, -0.1) is 0 Å². The van der Waals surface area contributed by atoms with E-state index >= 15 is 0 Å². The number of rotatable bonds is 2. The van der Waals surface area contributed by atoms with E-state index in [0.717, 1.165) is 32.7 Å². The van der Waals surface area contributed by atoms with Crippen molar-refractivity contribution in [2.45, 2.75) is 0 Å². The summed E-state index contributed by atoms with van der Waals surface area (Å²) in [7, 11) is 0. The highest BCUT2D eigenvalue weighted by molar-refractivity contribution is 7.19. The standard InChI is InChI=1S/C17H12N4S/c18-17-21-15(14-7-3-4-8-19-14)16(22-17)12-9-11-5-1-2-6-13(11)20-10-12/h1-10H,(H2,18,21). The predicted octanol–water partition coefficient (Wildman–Crippen LogP) is 4.00. The zero-order chi connectivity index (χ0) is 14.9. The minimum Gasteiger partial charge on any atom is -0.375 e. The molecule has 2 N–H and O–H groups in total. The van der Waals surface area contributed by atoms with Gasteiger partial charge in [-0.2, -0.15) is 0 Å². The van der Waals surface area contributed by atoms with Crippen molar-refractivity contribution in [3.05, 3.63) is 60.9 Å². The number of nitrogens with two attached hydrogens (primary N) is 1. The molecule has 1 aromatic carbocycles. The number of fused-ring (bicyclic) bond motifs is 1. The van der Waals surface area contributed by atoms with Crippen LogP contribution in [0.4, 0.5) is 5.13 Å². The number of hydrogen-bond acceptors (Lipinski definition) is 5. The molecule has 4 rings (SSSR count). The Kier molecular flexibility index (Phi) is 3.05. The van der Waals surface area contributed by atoms with Crippen LogP contribution in [0.5, 0.6) is 0 Å². The lowest BCUT2D eigenvalue weighted by Crippen LogP contribution is -1.87. The summed E-state index contributed by atoms with van der Waals surface area (Å²) >= 11 is 1.46. The van der Waals surface area contributed by atoms with E-state index in [1.165, 1.54) is 11.3 Å². The van der Waals surface area contributed by atoms with Gasteiger partial charge < -0.3 is 5.73 Å². The lowest BCUT2D eigenvalue weighted by molar-refractivity contribution is 1.28. The SMILES string of the molecule is Nc1nc(-c2ccccn2)c(-c2cnc3ccccc3c2)s1. The van der Waals surface area contributed by atoms with E-state index in [1.54, 1.807) is 6.20 Å². The first-order chi connectivity index (χ1) is 10.8. The van der Waals surface area contributed by atoms with Crippen LogP contribution in [-0.4, -0.2) is 15.0 Å². The van der Waals surface area contributed by atoms with Crippen molar-refractivity contribution >= 4 is 27.4 Å². The second-order valence-electron chi connectivity index (χ2n) is 4.86. The minimum atomic E-state index is 0.531. The van der Waals surface area contributed by atoms with Crippen LogP contribution in [-0.2, 0) is 0 Å². The first kappa shape index (κ1) is 12.9. The Bertz CT molecular complexity index is 947. The summed E-state index contributed by atoms with van der Waals surface area (Å²) in [5.41, 5.74) is 9.53. The van der Waals surface area contributed by atoms with Gasteiger partial charge >= 0.3 is 0 Å². The molecule has 0 bridgehead atoms. The van der Waals surface area contributed by atoms with E-state index in [9.17, 15) is 0 Å². The van der Waals surface area contributed by atoms with Gasteiger partial charge in [0, 0.05) is 23.3 Å². The topological polar surface area (TPSA) is 64.7 Å². The summed E-state index contributed by atoms with van der Waals surface area (Å²) in [6, 6.07) is 15.9. The predicted molar refractivity (Wildman–Crippen MR) is 90.5 cm³/mol. The lowest BCUT2D eigenvalue weighted by Gasteiger charge is -2.03. The van der Waals surface area contributed by atoms with Crippen LogP contribution in [0.2, 0.25) is 0 Å². The summed E-state index contributed by atoms with van der Waals surface area (Å²) in [6.45, 7) is 0. The fourth-order valence-corrected chi connectivity index (χ4v) is 3.23. The Labute approximate surface area is 131 Å². The van der Waals surface area contributed by atoms with Crippen molar-refractivity contribution < 1.29 is 0 Å². The minimum absolute atomic E-state index is 0.531. The van der Waals surface area contributed by atoms with Gasteiger partial charge in [0.2, 0.25) is 0 Å². The van der Waals surface area contributed by atoms with Gasteiger partial charge in [-0.25, -0.2) is 4.98 Å². The van der Waals surface area contributed by atoms with Gasteiger partial charge in [-0.05, 0) is 24.3 Å². The average Bonchev–Trinajstić information content (AvgIpc) is 2.97. The van der Waals surface area contributed by atoms with Gasteiger partial charge in [0.05, 0.1) is 16.1 Å². The van der Waals surface area contributed by atoms with Gasteiger partial charge in [-0.3, -0.25) is 9.97 Å². The Morgan fingerprint density at radius 3 is 2.68 bits per heavy atom. The molecule has 106 valence electrons. The van der Waals surface area contributed by atoms with Crippen LogP contribution in [0.1, 0.15) is 0 Å². The second-order valence-corrected chi connectivity index (χ2v) is 5.89. The quantitative estimate of drug-likeness (QED) is 0.608. The lowest BCUT2D eigenvalue weighted by atomic mass is 10.1. The van der Waals surface area contributed by atoms with Crippen LogP contribution in [0.25, 0.3) is 32.7 Å². The molecular formula is C17H12N4S. The number of aromatic nitrogens is 3. The molecule has 0 aliphatic heterocycles. The second kappa shape index (κ2) is 5.20. The summed E-state index contributed by atoms with van der Waals surface area (Å²) in [6.07, 6.45) is 3.62. The highest BCUT2D eigenvalue weighted by Crippen LogP contribution is 2.37. The first-order valence-electron chi connectivity index (χ1n) is 6.84. The van der Waals surface area contributed by atoms with Crippen molar-refractivity contribution in [1.82, 2.24) is 15.0 Å². The maximum absolute atomic E-state index is 5.93. The van der Waals surface area contributed by atoms with Crippen LogP contribution in [0, 0.1) is 0 Å². The number of hydrogen-bond donors (Lipinski definition) is 1. The van der Waals surface area contributed by atoms with Crippen LogP contribution >= 0.6 is 11.3 Å². The molecule has 0 saturated heterocycles. The molecule has 0 spiro atoms. The van der Waals surface area contributed by atoms with E-state index in [-0.39, 0.29) is 0 Å². The summed E-state index contributed by atoms with van der Waals surface area (Å²) in [5, 5.41) is 1.63. The van der Waals surface area contributed by atoms with E-state index in [2.05, 4.69) is 27.1 Å². The molecule has 3 aromatic heterocycles. The Hall–Kier alpha value is -2.79. The van der Waals surface area contributed by atoms with Crippen molar-refractivity contribution in [2.24, 2.45) is 0 Å². The maximum Gasteiger partial charge on any atom is 0.181 e. The number of benzene rings is 1. The molecule has 0 saturated carbocycles. The third-order valence-electron chi connectivity index (χ3n) is 3.40. The van der Waals surface area contributed by atoms with Gasteiger partial charge in [0.25, 0.3) is 0 Å². The van der Waals surface area contributed by atoms with Gasteiger partial charge in [0.15, 0.2) is 5.13 Å². The monoisotopic (exact) mass is 304 g/mol. The zero-order valence-corrected chi connectivity index (χ0v) is 12.4. The third kappa shape index (κ3) is 2.21. The smallest absolute Gasteiger partial charge is 0.181 e. The fourth-order valence-electron chi connectivity index (χ4n) is 2.40. The molecule has 0 atom stereocenters. The molecule has 22 heavy (non-hydrogen) atoms. The molecule has 3 heterocycles. The molecule has 4 aromatic rings. The van der Waals surface area contributed by atoms with E-state index in [4.69, 9.17) is 5.73 Å². The van der Waals surface area contributed by atoms with Gasteiger partial charge in [-0.1, -0.05) is 35.6 Å². The molecule has 0 aliphatic carbocycles. The largest absolute Gasteiger partial charge is 0.375 e. The molecule has 0 aliphatic rings. The fraction of sp³-hybridized carbons (Fsp3) is 0. The maximum atomic E-state index is 5.93. The number of nitrogens with zero attached hydrogens (tertiary/aromatic N) is 3. The van der Waals surface area contributed by atoms with Crippen LogP contribution in [0.3, 0.4) is 0 Å². The van der Waals surface area contributed by atoms with Crippen molar-refractivity contribution in [1.29, 1.82) is 0 Å². The molecule has 0 radical (unpaired) electrons. The summed E-state index contributed by atoms with van der Waals surface area (Å²) in [5.74, 6) is 0.